The molecule has 0 bridgehead atoms. The fraction of sp³-hybridized carbons (Fsp3) is 0.500. The van der Waals surface area contributed by atoms with Crippen LogP contribution in [0.25, 0.3) is 0 Å². The van der Waals surface area contributed by atoms with Crippen LogP contribution in [0.2, 0.25) is 5.02 Å². The fourth-order valence-electron chi connectivity index (χ4n) is 3.51. The van der Waals surface area contributed by atoms with E-state index in [2.05, 4.69) is 25.7 Å². The number of likely N-dealkylation sites (tertiary alicyclic amines) is 1. The molecule has 4 nitrogen and oxygen atoms in total. The van der Waals surface area contributed by atoms with Crippen LogP contribution in [0.5, 0.6) is 0 Å². The van der Waals surface area contributed by atoms with Gasteiger partial charge in [0.1, 0.15) is 0 Å². The van der Waals surface area contributed by atoms with Crippen LogP contribution in [0.4, 0.5) is 0 Å². The molecule has 0 atom stereocenters. The number of piperidine rings is 1. The van der Waals surface area contributed by atoms with Crippen LogP contribution in [-0.4, -0.2) is 29.8 Å². The van der Waals surface area contributed by atoms with Crippen LogP contribution < -0.4 is 5.32 Å². The van der Waals surface area contributed by atoms with Crippen molar-refractivity contribution in [3.8, 4) is 0 Å². The normalized spacial score (nSPS) is 15.7. The lowest BCUT2D eigenvalue weighted by atomic mass is 9.83. The molecule has 1 aromatic rings. The predicted molar refractivity (Wildman–Crippen MR) is 101 cm³/mol. The Morgan fingerprint density at radius 3 is 2.28 bits per heavy atom. The molecule has 0 unspecified atom stereocenters. The standard InChI is InChI=1S/C20H27ClN2O2/c1-4-18(24)23-13-11-15(12-14-23)19(25)22-20(5-2,6-3)16-7-9-17(21)10-8-16/h4,7-10,15H,1,5-6,11-14H2,2-3H3,(H,22,25). The zero-order valence-corrected chi connectivity index (χ0v) is 15.8. The Morgan fingerprint density at radius 1 is 1.24 bits per heavy atom. The molecule has 1 fully saturated rings. The lowest BCUT2D eigenvalue weighted by molar-refractivity contribution is -0.133. The second kappa shape index (κ2) is 8.52. The Balaban J connectivity index is 2.07. The number of hydrogen-bond acceptors (Lipinski definition) is 2. The first kappa shape index (κ1) is 19.5. The summed E-state index contributed by atoms with van der Waals surface area (Å²) in [5.41, 5.74) is 0.699. The number of benzene rings is 1. The highest BCUT2D eigenvalue weighted by Crippen LogP contribution is 2.31. The van der Waals surface area contributed by atoms with Gasteiger partial charge < -0.3 is 10.2 Å². The lowest BCUT2D eigenvalue weighted by Gasteiger charge is -2.37. The van der Waals surface area contributed by atoms with Gasteiger partial charge in [0, 0.05) is 24.0 Å². The van der Waals surface area contributed by atoms with Crippen LogP contribution >= 0.6 is 11.6 Å². The van der Waals surface area contributed by atoms with Crippen LogP contribution in [-0.2, 0) is 15.1 Å². The molecular formula is C20H27ClN2O2. The molecule has 1 aromatic carbocycles. The highest BCUT2D eigenvalue weighted by Gasteiger charge is 2.34. The maximum atomic E-state index is 12.9. The van der Waals surface area contributed by atoms with Crippen LogP contribution in [0.1, 0.15) is 45.1 Å². The number of hydrogen-bond donors (Lipinski definition) is 1. The summed E-state index contributed by atoms with van der Waals surface area (Å²) in [6.45, 7) is 8.91. The molecule has 0 spiro atoms. The number of halogens is 1. The predicted octanol–water partition coefficient (Wildman–Crippen LogP) is 3.90. The molecule has 1 aliphatic rings. The van der Waals surface area contributed by atoms with Gasteiger partial charge in [-0.3, -0.25) is 9.59 Å². The second-order valence-corrected chi connectivity index (χ2v) is 7.03. The quantitative estimate of drug-likeness (QED) is 0.780. The second-order valence-electron chi connectivity index (χ2n) is 6.59. The molecular weight excluding hydrogens is 336 g/mol. The molecule has 2 rings (SSSR count). The van der Waals surface area contributed by atoms with Gasteiger partial charge in [-0.25, -0.2) is 0 Å². The Hall–Kier alpha value is -1.81. The van der Waals surface area contributed by atoms with Gasteiger partial charge in [0.25, 0.3) is 0 Å². The monoisotopic (exact) mass is 362 g/mol. The van der Waals surface area contributed by atoms with Crippen molar-refractivity contribution >= 4 is 23.4 Å². The number of carbonyl (C=O) groups is 2. The van der Waals surface area contributed by atoms with Gasteiger partial charge in [-0.15, -0.1) is 0 Å². The van der Waals surface area contributed by atoms with Crippen LogP contribution in [0.15, 0.2) is 36.9 Å². The molecule has 0 saturated carbocycles. The Morgan fingerprint density at radius 2 is 1.80 bits per heavy atom. The zero-order valence-electron chi connectivity index (χ0n) is 15.1. The Labute approximate surface area is 155 Å². The number of nitrogens with one attached hydrogen (secondary N) is 1. The summed E-state index contributed by atoms with van der Waals surface area (Å²) in [6.07, 6.45) is 4.33. The maximum Gasteiger partial charge on any atom is 0.245 e. The van der Waals surface area contributed by atoms with Gasteiger partial charge in [-0.05, 0) is 49.5 Å². The smallest absolute Gasteiger partial charge is 0.245 e. The number of amides is 2. The Kier molecular flexibility index (Phi) is 6.65. The molecule has 1 saturated heterocycles. The zero-order chi connectivity index (χ0) is 18.4. The first-order valence-electron chi connectivity index (χ1n) is 8.95. The van der Waals surface area contributed by atoms with Gasteiger partial charge in [0.05, 0.1) is 5.54 Å². The number of rotatable bonds is 6. The van der Waals surface area contributed by atoms with E-state index >= 15 is 0 Å². The van der Waals surface area contributed by atoms with E-state index in [1.165, 1.54) is 6.08 Å². The minimum Gasteiger partial charge on any atom is -0.346 e. The molecule has 5 heteroatoms. The summed E-state index contributed by atoms with van der Waals surface area (Å²) in [5.74, 6) is -0.0421. The highest BCUT2D eigenvalue weighted by atomic mass is 35.5. The fourth-order valence-corrected chi connectivity index (χ4v) is 3.63. The SMILES string of the molecule is C=CC(=O)N1CCC(C(=O)NC(CC)(CC)c2ccc(Cl)cc2)CC1. The van der Waals surface area contributed by atoms with Crippen molar-refractivity contribution in [3.63, 3.8) is 0 Å². The van der Waals surface area contributed by atoms with Gasteiger partial charge in [0.15, 0.2) is 0 Å². The van der Waals surface area contributed by atoms with Gasteiger partial charge in [0.2, 0.25) is 11.8 Å². The molecule has 1 heterocycles. The van der Waals surface area contributed by atoms with Crippen molar-refractivity contribution in [2.24, 2.45) is 5.92 Å². The van der Waals surface area contributed by atoms with Crippen molar-refractivity contribution in [3.05, 3.63) is 47.5 Å². The molecule has 136 valence electrons. The van der Waals surface area contributed by atoms with Crippen molar-refractivity contribution in [1.29, 1.82) is 0 Å². The molecule has 25 heavy (non-hydrogen) atoms. The van der Waals surface area contributed by atoms with E-state index < -0.39 is 0 Å². The van der Waals surface area contributed by atoms with Crippen molar-refractivity contribution in [1.82, 2.24) is 10.2 Å². The molecule has 1 N–H and O–H groups in total. The van der Waals surface area contributed by atoms with Crippen molar-refractivity contribution < 1.29 is 9.59 Å². The maximum absolute atomic E-state index is 12.9. The van der Waals surface area contributed by atoms with E-state index in [4.69, 9.17) is 11.6 Å². The first-order chi connectivity index (χ1) is 12.0. The average Bonchev–Trinajstić information content (AvgIpc) is 2.66. The lowest BCUT2D eigenvalue weighted by Crippen LogP contribution is -2.50. The third-order valence-electron chi connectivity index (χ3n) is 5.32. The topological polar surface area (TPSA) is 49.4 Å². The third kappa shape index (κ3) is 4.43. The van der Waals surface area contributed by atoms with Gasteiger partial charge in [-0.1, -0.05) is 44.2 Å². The van der Waals surface area contributed by atoms with Crippen LogP contribution in [0, 0.1) is 5.92 Å². The minimum absolute atomic E-state index is 0.0568. The Bertz CT molecular complexity index is 615. The molecule has 0 aromatic heterocycles. The summed E-state index contributed by atoms with van der Waals surface area (Å²) in [4.78, 5) is 26.3. The minimum atomic E-state index is -0.379. The summed E-state index contributed by atoms with van der Waals surface area (Å²) in [6, 6.07) is 7.70. The third-order valence-corrected chi connectivity index (χ3v) is 5.57. The van der Waals surface area contributed by atoms with Crippen molar-refractivity contribution in [2.45, 2.75) is 45.1 Å². The van der Waals surface area contributed by atoms with E-state index in [9.17, 15) is 9.59 Å². The summed E-state index contributed by atoms with van der Waals surface area (Å²) in [7, 11) is 0. The summed E-state index contributed by atoms with van der Waals surface area (Å²) in [5, 5.41) is 3.98. The van der Waals surface area contributed by atoms with E-state index in [-0.39, 0.29) is 23.3 Å². The van der Waals surface area contributed by atoms with E-state index in [1.807, 2.05) is 24.3 Å². The van der Waals surface area contributed by atoms with Gasteiger partial charge >= 0.3 is 0 Å². The first-order valence-corrected chi connectivity index (χ1v) is 9.33. The highest BCUT2D eigenvalue weighted by molar-refractivity contribution is 6.30. The van der Waals surface area contributed by atoms with Gasteiger partial charge in [-0.2, -0.15) is 0 Å². The van der Waals surface area contributed by atoms with E-state index in [0.29, 0.717) is 31.0 Å². The largest absolute Gasteiger partial charge is 0.346 e. The van der Waals surface area contributed by atoms with Crippen LogP contribution in [0.3, 0.4) is 0 Å². The van der Waals surface area contributed by atoms with Crippen molar-refractivity contribution in [2.75, 3.05) is 13.1 Å². The molecule has 2 amide bonds. The van der Waals surface area contributed by atoms with E-state index in [0.717, 1.165) is 18.4 Å². The summed E-state index contributed by atoms with van der Waals surface area (Å²) < 4.78 is 0. The summed E-state index contributed by atoms with van der Waals surface area (Å²) >= 11 is 6.00. The molecule has 0 aliphatic carbocycles. The van der Waals surface area contributed by atoms with E-state index in [1.54, 1.807) is 4.90 Å². The average molecular weight is 363 g/mol. The molecule has 1 aliphatic heterocycles. The number of carbonyl (C=O) groups excluding carboxylic acids is 2. The molecule has 0 radical (unpaired) electrons. The number of nitrogens with zero attached hydrogens (tertiary/aromatic N) is 1.